The molecule has 0 aliphatic heterocycles. The SMILES string of the molecule is CO/C(=C\c1ccccc1)O[Si](C)(C)C.COC(=O)C(c1ccccc1)C(c1ccccc1)c1ccc2[nH]ncc2c1.O=C(Nc1nncs1)C(c1ccccc1)C(c1ccccc1)c1ccc2[nH]ncc2c1.OC(c1ccccc1)c1ccc2[nH]ncc2c1. The van der Waals surface area contributed by atoms with Gasteiger partial charge in [-0.25, -0.2) is 0 Å². The van der Waals surface area contributed by atoms with E-state index in [2.05, 4.69) is 114 Å². The highest BCUT2D eigenvalue weighted by atomic mass is 32.1. The Morgan fingerprint density at radius 3 is 1.31 bits per heavy atom. The zero-order chi connectivity index (χ0) is 62.7. The molecule has 1 amide bonds. The first-order valence-corrected chi connectivity index (χ1v) is 33.6. The van der Waals surface area contributed by atoms with Gasteiger partial charge in [0.05, 0.1) is 61.2 Å². The van der Waals surface area contributed by atoms with Crippen molar-refractivity contribution in [1.29, 1.82) is 0 Å². The third-order valence-corrected chi connectivity index (χ3v) is 16.3. The first kappa shape index (κ1) is 62.5. The number of fused-ring (bicyclic) bond motifs is 3. The number of rotatable bonds is 17. The number of H-pyrrole nitrogens is 3. The van der Waals surface area contributed by atoms with Crippen molar-refractivity contribution in [1.82, 2.24) is 40.8 Å². The highest BCUT2D eigenvalue weighted by Gasteiger charge is 2.35. The van der Waals surface area contributed by atoms with Crippen LogP contribution in [0.15, 0.2) is 267 Å². The Morgan fingerprint density at radius 2 is 0.889 bits per heavy atom. The fraction of sp³-hybridized carbons (Fsp3) is 0.137. The van der Waals surface area contributed by atoms with Gasteiger partial charge in [-0.1, -0.05) is 212 Å². The smallest absolute Gasteiger partial charge is 0.314 e. The maximum atomic E-state index is 13.6. The second kappa shape index (κ2) is 30.4. The molecule has 15 nitrogen and oxygen atoms in total. The van der Waals surface area contributed by atoms with Gasteiger partial charge in [0.2, 0.25) is 19.4 Å². The Labute approximate surface area is 527 Å². The van der Waals surface area contributed by atoms with E-state index in [4.69, 9.17) is 13.9 Å². The molecule has 0 aliphatic carbocycles. The fourth-order valence-corrected chi connectivity index (χ4v) is 11.9. The van der Waals surface area contributed by atoms with Gasteiger partial charge in [-0.15, -0.1) is 10.2 Å². The van der Waals surface area contributed by atoms with Crippen LogP contribution in [-0.4, -0.2) is 80.3 Å². The molecule has 0 fully saturated rings. The van der Waals surface area contributed by atoms with Crippen LogP contribution in [0.2, 0.25) is 19.6 Å². The minimum absolute atomic E-state index is 0.121. The third kappa shape index (κ3) is 16.3. The summed E-state index contributed by atoms with van der Waals surface area (Å²) >= 11 is 1.30. The summed E-state index contributed by atoms with van der Waals surface area (Å²) < 4.78 is 16.2. The van der Waals surface area contributed by atoms with Crippen molar-refractivity contribution in [3.8, 4) is 0 Å². The van der Waals surface area contributed by atoms with E-state index in [0.717, 1.165) is 82.8 Å². The van der Waals surface area contributed by atoms with E-state index >= 15 is 0 Å². The lowest BCUT2D eigenvalue weighted by Crippen LogP contribution is -2.27. The quantitative estimate of drug-likeness (QED) is 0.0329. The summed E-state index contributed by atoms with van der Waals surface area (Å²) in [5.41, 5.74) is 13.5. The minimum Gasteiger partial charge on any atom is -0.520 e. The molecule has 17 heteroatoms. The molecular formula is C73H69N9O6SSi. The number of aromatic nitrogens is 8. The number of esters is 1. The number of amides is 1. The normalized spacial score (nSPS) is 12.9. The Morgan fingerprint density at radius 1 is 0.489 bits per heavy atom. The molecule has 4 heterocycles. The zero-order valence-corrected chi connectivity index (χ0v) is 52.2. The Bertz CT molecular complexity index is 4360. The average molecular weight is 1230 g/mol. The number of carbonyl (C=O) groups excluding carboxylic acids is 2. The lowest BCUT2D eigenvalue weighted by Gasteiger charge is -2.27. The predicted octanol–water partition coefficient (Wildman–Crippen LogP) is 15.7. The number of nitrogens with one attached hydrogen (secondary N) is 4. The lowest BCUT2D eigenvalue weighted by atomic mass is 9.76. The molecule has 452 valence electrons. The van der Waals surface area contributed by atoms with E-state index in [0.29, 0.717) is 11.1 Å². The van der Waals surface area contributed by atoms with Gasteiger partial charge < -0.3 is 19.0 Å². The van der Waals surface area contributed by atoms with Crippen molar-refractivity contribution in [3.05, 3.63) is 317 Å². The van der Waals surface area contributed by atoms with E-state index in [-0.39, 0.29) is 23.7 Å². The van der Waals surface area contributed by atoms with Crippen molar-refractivity contribution in [2.24, 2.45) is 0 Å². The molecule has 0 spiro atoms. The first-order chi connectivity index (χ1) is 43.9. The molecule has 0 saturated heterocycles. The van der Waals surface area contributed by atoms with Crippen LogP contribution in [-0.2, 0) is 23.5 Å². The molecule has 0 radical (unpaired) electrons. The number of methoxy groups -OCH3 is 2. The monoisotopic (exact) mass is 1230 g/mol. The summed E-state index contributed by atoms with van der Waals surface area (Å²) in [6, 6.07) is 77.7. The number of hydrogen-bond acceptors (Lipinski definition) is 12. The number of nitrogens with zero attached hydrogens (tertiary/aromatic N) is 5. The number of hydrogen-bond donors (Lipinski definition) is 5. The minimum atomic E-state index is -1.59. The van der Waals surface area contributed by atoms with Crippen molar-refractivity contribution < 1.29 is 28.6 Å². The lowest BCUT2D eigenvalue weighted by molar-refractivity contribution is -0.142. The number of ether oxygens (including phenoxy) is 2. The van der Waals surface area contributed by atoms with Crippen LogP contribution >= 0.6 is 11.3 Å². The van der Waals surface area contributed by atoms with Gasteiger partial charge in [-0.2, -0.15) is 15.3 Å². The van der Waals surface area contributed by atoms with Crippen molar-refractivity contribution in [3.63, 3.8) is 0 Å². The van der Waals surface area contributed by atoms with Gasteiger partial charge in [0.15, 0.2) is 0 Å². The van der Waals surface area contributed by atoms with Gasteiger partial charge in [0.1, 0.15) is 11.6 Å². The van der Waals surface area contributed by atoms with Crippen LogP contribution in [0.5, 0.6) is 0 Å². The fourth-order valence-electron chi connectivity index (χ4n) is 10.7. The molecule has 13 aromatic rings. The summed E-state index contributed by atoms with van der Waals surface area (Å²) in [4.78, 5) is 26.5. The standard InChI is InChI=1S/C24H19N5OS.C23H20N2O2.C14H12N2O.C12H18O2Si/c30-23(27-24-29-26-15-31-24)22(17-9-5-2-6-10-17)21(16-7-3-1-4-8-16)18-11-12-20-19(13-18)14-25-28-20;1-27-23(26)22(17-10-6-3-7-11-17)21(16-8-4-2-5-9-16)18-12-13-20-19(14-18)15-24-25-20;17-14(10-4-2-1-3-5-10)11-6-7-13-12(8-11)9-15-16-13;1-13-12(14-15(2,3)4)10-11-8-6-5-7-9-11/h1-15,21-22H,(H,25,28)(H,27,29,30);2-15,21-22H,1H3,(H,24,25);1-9,14,17H,(H,15,16);5-10H,1-4H3/b;;;12-10+. The molecule has 0 aliphatic rings. The molecule has 5 atom stereocenters. The number of aromatic amines is 3. The average Bonchev–Trinajstić information content (AvgIpc) is 1.20. The van der Waals surface area contributed by atoms with Crippen LogP contribution in [0, 0.1) is 0 Å². The van der Waals surface area contributed by atoms with Crippen molar-refractivity contribution in [2.75, 3.05) is 19.5 Å². The van der Waals surface area contributed by atoms with Crippen LogP contribution in [0.25, 0.3) is 38.8 Å². The number of aliphatic hydroxyl groups is 1. The highest BCUT2D eigenvalue weighted by Crippen LogP contribution is 2.42. The van der Waals surface area contributed by atoms with Crippen LogP contribution in [0.4, 0.5) is 5.13 Å². The van der Waals surface area contributed by atoms with E-state index in [1.54, 1.807) is 31.2 Å². The molecule has 0 bridgehead atoms. The Balaban J connectivity index is 0.000000138. The molecule has 0 saturated carbocycles. The predicted molar refractivity (Wildman–Crippen MR) is 360 cm³/mol. The second-order valence-electron chi connectivity index (χ2n) is 22.1. The molecule has 9 aromatic carbocycles. The van der Waals surface area contributed by atoms with E-state index in [9.17, 15) is 14.7 Å². The molecular weight excluding hydrogens is 1160 g/mol. The molecule has 4 aromatic heterocycles. The summed E-state index contributed by atoms with van der Waals surface area (Å²) in [5.74, 6) is -1.04. The summed E-state index contributed by atoms with van der Waals surface area (Å²) in [5, 5.41) is 45.7. The van der Waals surface area contributed by atoms with Gasteiger partial charge in [-0.05, 0) is 106 Å². The zero-order valence-electron chi connectivity index (χ0n) is 50.4. The van der Waals surface area contributed by atoms with Crippen molar-refractivity contribution in [2.45, 2.75) is 49.4 Å². The molecule has 13 rings (SSSR count). The number of benzene rings is 9. The largest absolute Gasteiger partial charge is 0.520 e. The maximum absolute atomic E-state index is 13.6. The van der Waals surface area contributed by atoms with Crippen LogP contribution in [0.3, 0.4) is 0 Å². The number of carbonyl (C=O) groups is 2. The van der Waals surface area contributed by atoms with E-state index in [1.165, 1.54) is 18.4 Å². The second-order valence-corrected chi connectivity index (χ2v) is 27.3. The topological polar surface area (TPSA) is 206 Å². The molecule has 5 unspecified atom stereocenters. The van der Waals surface area contributed by atoms with Gasteiger partial charge in [0.25, 0.3) is 5.95 Å². The maximum Gasteiger partial charge on any atom is 0.314 e. The first-order valence-electron chi connectivity index (χ1n) is 29.3. The van der Waals surface area contributed by atoms with Crippen LogP contribution < -0.4 is 5.32 Å². The van der Waals surface area contributed by atoms with Crippen LogP contribution in [0.1, 0.15) is 79.8 Å². The molecule has 5 N–H and O–H groups in total. The summed E-state index contributed by atoms with van der Waals surface area (Å²) in [6.45, 7) is 6.39. The molecule has 90 heavy (non-hydrogen) atoms. The van der Waals surface area contributed by atoms with Crippen molar-refractivity contribution >= 4 is 75.4 Å². The van der Waals surface area contributed by atoms with Gasteiger partial charge >= 0.3 is 5.97 Å². The third-order valence-electron chi connectivity index (χ3n) is 14.9. The summed E-state index contributed by atoms with van der Waals surface area (Å²) in [6.07, 6.45) is 6.70. The number of anilines is 1. The van der Waals surface area contributed by atoms with Gasteiger partial charge in [-0.3, -0.25) is 30.2 Å². The van der Waals surface area contributed by atoms with E-state index < -0.39 is 26.3 Å². The Hall–Kier alpha value is -10.6. The summed E-state index contributed by atoms with van der Waals surface area (Å²) in [7, 11) is 1.49. The highest BCUT2D eigenvalue weighted by molar-refractivity contribution is 7.13. The Kier molecular flexibility index (Phi) is 21.1. The van der Waals surface area contributed by atoms with E-state index in [1.807, 2.05) is 194 Å². The van der Waals surface area contributed by atoms with Gasteiger partial charge in [0, 0.05) is 34.1 Å². The number of aliphatic hydroxyl groups excluding tert-OH is 1.